The molecule has 0 atom stereocenters. The number of pyridine rings is 1. The van der Waals surface area contributed by atoms with Gasteiger partial charge in [0.2, 0.25) is 6.54 Å². The van der Waals surface area contributed by atoms with E-state index in [9.17, 15) is 33.8 Å². The summed E-state index contributed by atoms with van der Waals surface area (Å²) in [5.74, 6) is 0. The SMILES string of the molecule is O=P(O)(O)C(O)(C[n+]1ccc(-c2cccc3c2oc2ccccc23)cc1)P(=O)(O)O. The monoisotopic (exact) mass is 450 g/mol. The van der Waals surface area contributed by atoms with Gasteiger partial charge in [-0.3, -0.25) is 9.13 Å². The molecule has 11 heteroatoms. The molecule has 0 aliphatic heterocycles. The number of fused-ring (bicyclic) bond motifs is 3. The maximum atomic E-state index is 11.6. The lowest BCUT2D eigenvalue weighted by Gasteiger charge is -2.26. The van der Waals surface area contributed by atoms with E-state index in [2.05, 4.69) is 0 Å². The van der Waals surface area contributed by atoms with E-state index in [1.165, 1.54) is 12.4 Å². The van der Waals surface area contributed by atoms with Gasteiger partial charge < -0.3 is 29.1 Å². The van der Waals surface area contributed by atoms with Crippen molar-refractivity contribution in [1.82, 2.24) is 0 Å². The molecule has 2 heterocycles. The first-order valence-corrected chi connectivity index (χ1v) is 12.0. The second kappa shape index (κ2) is 7.11. The second-order valence-corrected chi connectivity index (χ2v) is 10.9. The number of aromatic nitrogens is 1. The number of rotatable bonds is 5. The van der Waals surface area contributed by atoms with Gasteiger partial charge in [0.1, 0.15) is 11.2 Å². The Labute approximate surface area is 170 Å². The third kappa shape index (κ3) is 3.41. The third-order valence-corrected chi connectivity index (χ3v) is 8.65. The number of hydrogen-bond acceptors (Lipinski definition) is 4. The molecule has 0 aliphatic rings. The lowest BCUT2D eigenvalue weighted by molar-refractivity contribution is -0.703. The van der Waals surface area contributed by atoms with E-state index in [4.69, 9.17) is 4.42 Å². The molecular formula is C19H18NO8P2+. The predicted octanol–water partition coefficient (Wildman–Crippen LogP) is 2.54. The van der Waals surface area contributed by atoms with Gasteiger partial charge in [0.15, 0.2) is 12.4 Å². The van der Waals surface area contributed by atoms with Crippen molar-refractivity contribution in [3.63, 3.8) is 0 Å². The highest BCUT2D eigenvalue weighted by atomic mass is 31.2. The summed E-state index contributed by atoms with van der Waals surface area (Å²) in [6.45, 7) is -0.989. The highest BCUT2D eigenvalue weighted by Crippen LogP contribution is 2.67. The molecule has 0 amide bonds. The van der Waals surface area contributed by atoms with E-state index in [0.717, 1.165) is 26.5 Å². The van der Waals surface area contributed by atoms with Crippen molar-refractivity contribution in [3.05, 3.63) is 67.0 Å². The van der Waals surface area contributed by atoms with Crippen LogP contribution in [0.3, 0.4) is 0 Å². The van der Waals surface area contributed by atoms with Crippen molar-refractivity contribution in [2.75, 3.05) is 0 Å². The van der Waals surface area contributed by atoms with Crippen molar-refractivity contribution in [2.45, 2.75) is 11.6 Å². The molecule has 0 saturated heterocycles. The lowest BCUT2D eigenvalue weighted by atomic mass is 10.0. The average Bonchev–Trinajstić information content (AvgIpc) is 3.06. The number of furan rings is 1. The summed E-state index contributed by atoms with van der Waals surface area (Å²) >= 11 is 0. The van der Waals surface area contributed by atoms with Gasteiger partial charge >= 0.3 is 20.3 Å². The number of hydrogen-bond donors (Lipinski definition) is 5. The Hall–Kier alpha value is -2.35. The van der Waals surface area contributed by atoms with Crippen molar-refractivity contribution in [3.8, 4) is 11.1 Å². The molecule has 2 aromatic carbocycles. The van der Waals surface area contributed by atoms with Crippen LogP contribution < -0.4 is 4.57 Å². The fraction of sp³-hybridized carbons (Fsp3) is 0.105. The molecule has 4 aromatic rings. The van der Waals surface area contributed by atoms with E-state index in [0.29, 0.717) is 11.1 Å². The molecule has 0 fully saturated rings. The Morgan fingerprint density at radius 2 is 1.43 bits per heavy atom. The van der Waals surface area contributed by atoms with Crippen LogP contribution in [0.5, 0.6) is 0 Å². The number of benzene rings is 2. The summed E-state index contributed by atoms with van der Waals surface area (Å²) in [6.07, 6.45) is 2.74. The van der Waals surface area contributed by atoms with E-state index in [1.807, 2.05) is 42.5 Å². The number of nitrogens with zero attached hydrogens (tertiary/aromatic N) is 1. The van der Waals surface area contributed by atoms with Gasteiger partial charge in [-0.25, -0.2) is 4.57 Å². The predicted molar refractivity (Wildman–Crippen MR) is 108 cm³/mol. The second-order valence-electron chi connectivity index (χ2n) is 6.90. The maximum Gasteiger partial charge on any atom is 0.376 e. The van der Waals surface area contributed by atoms with Gasteiger partial charge in [0, 0.05) is 28.5 Å². The molecule has 0 saturated carbocycles. The minimum atomic E-state index is -5.54. The quantitative estimate of drug-likeness (QED) is 0.230. The van der Waals surface area contributed by atoms with Crippen LogP contribution in [0.15, 0.2) is 71.4 Å². The minimum absolute atomic E-state index is 0.665. The van der Waals surface area contributed by atoms with Gasteiger partial charge in [-0.2, -0.15) is 0 Å². The molecule has 2 aromatic heterocycles. The number of para-hydroxylation sites is 2. The smallest absolute Gasteiger partial charge is 0.376 e. The van der Waals surface area contributed by atoms with Crippen molar-refractivity contribution in [1.29, 1.82) is 0 Å². The molecule has 30 heavy (non-hydrogen) atoms. The van der Waals surface area contributed by atoms with E-state index in [1.54, 1.807) is 12.1 Å². The van der Waals surface area contributed by atoms with E-state index >= 15 is 0 Å². The topological polar surface area (TPSA) is 152 Å². The van der Waals surface area contributed by atoms with Gasteiger partial charge in [-0.15, -0.1) is 0 Å². The van der Waals surface area contributed by atoms with Gasteiger partial charge in [-0.1, -0.05) is 36.4 Å². The lowest BCUT2D eigenvalue weighted by Crippen LogP contribution is -2.47. The van der Waals surface area contributed by atoms with Crippen LogP contribution in [0.25, 0.3) is 33.1 Å². The zero-order chi connectivity index (χ0) is 21.7. The summed E-state index contributed by atoms with van der Waals surface area (Å²) in [5, 5.41) is 8.46. The molecule has 9 nitrogen and oxygen atoms in total. The summed E-state index contributed by atoms with van der Waals surface area (Å²) in [5.41, 5.74) is 2.89. The Kier molecular flexibility index (Phi) is 4.96. The van der Waals surface area contributed by atoms with Crippen molar-refractivity contribution >= 4 is 37.1 Å². The van der Waals surface area contributed by atoms with Crippen molar-refractivity contribution < 1.29 is 42.8 Å². The fourth-order valence-electron chi connectivity index (χ4n) is 3.32. The van der Waals surface area contributed by atoms with Crippen LogP contribution in [-0.2, 0) is 15.7 Å². The fourth-order valence-corrected chi connectivity index (χ4v) is 5.37. The van der Waals surface area contributed by atoms with Crippen LogP contribution >= 0.6 is 15.2 Å². The Morgan fingerprint density at radius 3 is 2.07 bits per heavy atom. The first-order chi connectivity index (χ1) is 14.0. The highest BCUT2D eigenvalue weighted by Gasteiger charge is 2.62. The molecule has 0 bridgehead atoms. The molecule has 5 N–H and O–H groups in total. The summed E-state index contributed by atoms with van der Waals surface area (Å²) < 4.78 is 30.2. The largest absolute Gasteiger partial charge is 0.455 e. The van der Waals surface area contributed by atoms with E-state index in [-0.39, 0.29) is 0 Å². The first kappa shape index (κ1) is 20.9. The molecule has 0 spiro atoms. The van der Waals surface area contributed by atoms with Gasteiger partial charge in [0.05, 0.1) is 0 Å². The highest BCUT2D eigenvalue weighted by molar-refractivity contribution is 7.72. The minimum Gasteiger partial charge on any atom is -0.455 e. The zero-order valence-electron chi connectivity index (χ0n) is 15.4. The first-order valence-electron chi connectivity index (χ1n) is 8.75. The molecule has 156 valence electrons. The van der Waals surface area contributed by atoms with Crippen LogP contribution in [0.4, 0.5) is 0 Å². The third-order valence-electron chi connectivity index (χ3n) is 4.93. The van der Waals surface area contributed by atoms with Crippen LogP contribution in [-0.4, -0.2) is 29.8 Å². The van der Waals surface area contributed by atoms with E-state index < -0.39 is 26.8 Å². The summed E-state index contributed by atoms with van der Waals surface area (Å²) in [7, 11) is -11.1. The van der Waals surface area contributed by atoms with Gasteiger partial charge in [0.25, 0.3) is 0 Å². The molecule has 4 rings (SSSR count). The van der Waals surface area contributed by atoms with Crippen molar-refractivity contribution in [2.24, 2.45) is 0 Å². The van der Waals surface area contributed by atoms with Crippen LogP contribution in [0.1, 0.15) is 0 Å². The van der Waals surface area contributed by atoms with Crippen LogP contribution in [0, 0.1) is 0 Å². The Bertz CT molecular complexity index is 1310. The summed E-state index contributed by atoms with van der Waals surface area (Å²) in [6, 6.07) is 16.5. The normalized spacial score (nSPS) is 13.2. The molecule has 0 aliphatic carbocycles. The molecular weight excluding hydrogens is 432 g/mol. The molecule has 0 radical (unpaired) electrons. The molecule has 0 unspecified atom stereocenters. The van der Waals surface area contributed by atoms with Crippen LogP contribution in [0.2, 0.25) is 0 Å². The maximum absolute atomic E-state index is 11.6. The zero-order valence-corrected chi connectivity index (χ0v) is 17.1. The Morgan fingerprint density at radius 1 is 0.833 bits per heavy atom. The summed E-state index contributed by atoms with van der Waals surface area (Å²) in [4.78, 5) is 37.2. The number of aliphatic hydroxyl groups is 1. The standard InChI is InChI=1S/C19H17NO8P2/c21-19(29(22,23)24,30(25,26)27)12-20-10-8-13(9-11-20)14-5-3-6-16-15-4-1-2-7-17(15)28-18(14)16/h1-11,21H,12H2,(H3-,22,23,24,25,26,27)/p+1. The Balaban J connectivity index is 1.74. The van der Waals surface area contributed by atoms with Gasteiger partial charge in [-0.05, 0) is 11.6 Å². The average molecular weight is 450 g/mol.